The highest BCUT2D eigenvalue weighted by atomic mass is 16.6. The number of methoxy groups -OCH3 is 1. The number of amides is 2. The van der Waals surface area contributed by atoms with Crippen molar-refractivity contribution in [2.24, 2.45) is 11.8 Å². The predicted molar refractivity (Wildman–Crippen MR) is 193 cm³/mol. The van der Waals surface area contributed by atoms with Gasteiger partial charge in [0.25, 0.3) is 0 Å². The number of carbonyl (C=O) groups excluding carboxylic acids is 2. The van der Waals surface area contributed by atoms with E-state index in [1.54, 1.807) is 12.0 Å². The van der Waals surface area contributed by atoms with Gasteiger partial charge in [-0.3, -0.25) is 4.79 Å². The van der Waals surface area contributed by atoms with E-state index in [1.165, 1.54) is 22.3 Å². The number of para-hydroxylation sites is 1. The van der Waals surface area contributed by atoms with Crippen LogP contribution in [0.5, 0.6) is 0 Å². The van der Waals surface area contributed by atoms with Crippen molar-refractivity contribution in [2.75, 3.05) is 40.0 Å². The number of likely N-dealkylation sites (tertiary alicyclic amines) is 1. The number of nitrogens with zero attached hydrogens (tertiary/aromatic N) is 2. The lowest BCUT2D eigenvalue weighted by Gasteiger charge is -2.41. The molecule has 1 unspecified atom stereocenters. The Hall–Kier alpha value is -4.14. The number of benzene rings is 3. The minimum absolute atomic E-state index is 0.00617. The molecule has 2 fully saturated rings. The molecule has 1 saturated carbocycles. The molecule has 258 valence electrons. The van der Waals surface area contributed by atoms with Gasteiger partial charge in [0.15, 0.2) is 0 Å². The molecule has 1 aliphatic heterocycles. The first kappa shape index (κ1) is 33.4. The quantitative estimate of drug-likeness (QED) is 0.145. The number of H-pyrrole nitrogens is 1. The Labute approximate surface area is 290 Å². The predicted octanol–water partition coefficient (Wildman–Crippen LogP) is 7.51. The molecule has 7 rings (SSSR count). The fraction of sp³-hybridized carbons (Fsp3) is 0.463. The molecular formula is C41H50N4O4. The smallest absolute Gasteiger partial charge is 0.409 e. The number of nitrogens with one attached hydrogen (secondary N) is 2. The van der Waals surface area contributed by atoms with Gasteiger partial charge >= 0.3 is 6.09 Å². The molecule has 3 atom stereocenters. The van der Waals surface area contributed by atoms with Crippen molar-refractivity contribution in [1.82, 2.24) is 20.1 Å². The summed E-state index contributed by atoms with van der Waals surface area (Å²) in [6, 6.07) is 25.3. The molecule has 2 heterocycles. The summed E-state index contributed by atoms with van der Waals surface area (Å²) in [4.78, 5) is 36.2. The van der Waals surface area contributed by atoms with E-state index in [0.717, 1.165) is 48.7 Å². The number of aromatic nitrogens is 1. The molecule has 49 heavy (non-hydrogen) atoms. The summed E-state index contributed by atoms with van der Waals surface area (Å²) in [5.41, 5.74) is 7.03. The Morgan fingerprint density at radius 3 is 2.35 bits per heavy atom. The molecular weight excluding hydrogens is 612 g/mol. The summed E-state index contributed by atoms with van der Waals surface area (Å²) in [6.07, 6.45) is 6.12. The maximum atomic E-state index is 14.9. The van der Waals surface area contributed by atoms with Gasteiger partial charge in [-0.25, -0.2) is 4.79 Å². The summed E-state index contributed by atoms with van der Waals surface area (Å²) >= 11 is 0. The van der Waals surface area contributed by atoms with Crippen molar-refractivity contribution in [3.05, 3.63) is 95.7 Å². The molecule has 8 heteroatoms. The second-order valence-electron chi connectivity index (χ2n) is 14.6. The molecule has 0 bridgehead atoms. The molecule has 3 aliphatic rings. The first-order valence-corrected chi connectivity index (χ1v) is 18.1. The van der Waals surface area contributed by atoms with E-state index in [4.69, 9.17) is 9.47 Å². The second kappa shape index (κ2) is 14.8. The van der Waals surface area contributed by atoms with Crippen molar-refractivity contribution < 1.29 is 19.1 Å². The van der Waals surface area contributed by atoms with Gasteiger partial charge in [0.2, 0.25) is 5.91 Å². The Bertz CT molecular complexity index is 1720. The van der Waals surface area contributed by atoms with Gasteiger partial charge in [0.1, 0.15) is 6.61 Å². The number of carbonyl (C=O) groups is 2. The average molecular weight is 663 g/mol. The lowest BCUT2D eigenvalue weighted by atomic mass is 9.90. The molecule has 2 aliphatic carbocycles. The molecule has 1 aromatic heterocycles. The van der Waals surface area contributed by atoms with Crippen molar-refractivity contribution in [2.45, 2.75) is 70.0 Å². The lowest BCUT2D eigenvalue weighted by Crippen LogP contribution is -2.56. The van der Waals surface area contributed by atoms with E-state index < -0.39 is 0 Å². The van der Waals surface area contributed by atoms with E-state index in [1.807, 2.05) is 6.07 Å². The number of rotatable bonds is 13. The van der Waals surface area contributed by atoms with Crippen LogP contribution in [-0.4, -0.2) is 78.8 Å². The Kier molecular flexibility index (Phi) is 10.1. The molecule has 1 saturated heterocycles. The number of fused-ring (bicyclic) bond motifs is 4. The van der Waals surface area contributed by atoms with Crippen LogP contribution in [0, 0.1) is 11.8 Å². The van der Waals surface area contributed by atoms with Crippen molar-refractivity contribution >= 4 is 22.9 Å². The van der Waals surface area contributed by atoms with Crippen LogP contribution in [0.3, 0.4) is 0 Å². The lowest BCUT2D eigenvalue weighted by molar-refractivity contribution is -0.141. The van der Waals surface area contributed by atoms with Crippen LogP contribution in [0.2, 0.25) is 0 Å². The van der Waals surface area contributed by atoms with Crippen LogP contribution in [0.1, 0.15) is 74.6 Å². The number of ether oxygens (including phenoxy) is 2. The third-order valence-corrected chi connectivity index (χ3v) is 10.5. The molecule has 2 amide bonds. The van der Waals surface area contributed by atoms with Gasteiger partial charge in [-0.05, 0) is 78.5 Å². The minimum atomic E-state index is -0.345. The van der Waals surface area contributed by atoms with Crippen molar-refractivity contribution in [1.29, 1.82) is 0 Å². The zero-order valence-electron chi connectivity index (χ0n) is 29.1. The van der Waals surface area contributed by atoms with Crippen molar-refractivity contribution in [3.63, 3.8) is 0 Å². The first-order chi connectivity index (χ1) is 23.9. The maximum Gasteiger partial charge on any atom is 0.409 e. The zero-order chi connectivity index (χ0) is 33.9. The minimum Gasteiger partial charge on any atom is -0.448 e. The van der Waals surface area contributed by atoms with Crippen LogP contribution < -0.4 is 5.32 Å². The van der Waals surface area contributed by atoms with Crippen LogP contribution in [0.25, 0.3) is 22.0 Å². The van der Waals surface area contributed by atoms with Crippen LogP contribution in [0.4, 0.5) is 4.79 Å². The summed E-state index contributed by atoms with van der Waals surface area (Å²) < 4.78 is 11.6. The van der Waals surface area contributed by atoms with Gasteiger partial charge in [0, 0.05) is 61.9 Å². The van der Waals surface area contributed by atoms with Crippen LogP contribution in [-0.2, 0) is 14.3 Å². The topological polar surface area (TPSA) is 86.9 Å². The van der Waals surface area contributed by atoms with Crippen molar-refractivity contribution in [3.8, 4) is 11.1 Å². The summed E-state index contributed by atoms with van der Waals surface area (Å²) in [5, 5.41) is 4.84. The SMILES string of the molecule is COCCCC(c1c[nH]c2ccccc12)N(C(=O)[C@@H]1C[C@H](NCC(C)C)CN(C(=O)OCC2c3ccccc3-c3ccccc32)C1)C1CC1. The van der Waals surface area contributed by atoms with Gasteiger partial charge in [-0.15, -0.1) is 0 Å². The fourth-order valence-corrected chi connectivity index (χ4v) is 8.05. The summed E-state index contributed by atoms with van der Waals surface area (Å²) in [6.45, 7) is 6.98. The Balaban J connectivity index is 1.12. The van der Waals surface area contributed by atoms with Gasteiger partial charge in [-0.2, -0.15) is 0 Å². The highest BCUT2D eigenvalue weighted by Gasteiger charge is 2.44. The van der Waals surface area contributed by atoms with Crippen LogP contribution >= 0.6 is 0 Å². The van der Waals surface area contributed by atoms with E-state index in [2.05, 4.69) is 102 Å². The first-order valence-electron chi connectivity index (χ1n) is 18.1. The fourth-order valence-electron chi connectivity index (χ4n) is 8.05. The number of hydrogen-bond acceptors (Lipinski definition) is 5. The number of piperidine rings is 1. The van der Waals surface area contributed by atoms with E-state index in [9.17, 15) is 9.59 Å². The number of aromatic amines is 1. The average Bonchev–Trinajstić information content (AvgIpc) is 3.79. The van der Waals surface area contributed by atoms with Crippen LogP contribution in [0.15, 0.2) is 79.0 Å². The Morgan fingerprint density at radius 2 is 1.65 bits per heavy atom. The van der Waals surface area contributed by atoms with Gasteiger partial charge in [0.05, 0.1) is 12.0 Å². The molecule has 2 N–H and O–H groups in total. The van der Waals surface area contributed by atoms with E-state index >= 15 is 0 Å². The normalized spacial score (nSPS) is 19.6. The zero-order valence-corrected chi connectivity index (χ0v) is 29.1. The number of hydrogen-bond donors (Lipinski definition) is 2. The summed E-state index contributed by atoms with van der Waals surface area (Å²) in [5.74, 6) is 0.258. The third-order valence-electron chi connectivity index (χ3n) is 10.5. The third kappa shape index (κ3) is 7.12. The van der Waals surface area contributed by atoms with Gasteiger partial charge < -0.3 is 29.6 Å². The van der Waals surface area contributed by atoms with Gasteiger partial charge in [-0.1, -0.05) is 80.6 Å². The molecule has 0 radical (unpaired) electrons. The molecule has 4 aromatic rings. The monoisotopic (exact) mass is 662 g/mol. The maximum absolute atomic E-state index is 14.9. The molecule has 0 spiro atoms. The highest BCUT2D eigenvalue weighted by molar-refractivity contribution is 5.86. The standard InChI is InChI=1S/C41H50N4O4/c1-27(2)22-42-29-21-28(24-44(25-29)41(47)49-26-37-33-13-6-4-11-31(33)32-12-5-7-14-34(32)37)40(46)45(30-18-19-30)39(17-10-20-48-3)36-23-43-38-16-9-8-15-35(36)38/h4-9,11-16,23,27-30,37,39,42-43H,10,17-22,24-26H2,1-3H3/t28-,29+,39?/m1/s1. The largest absolute Gasteiger partial charge is 0.448 e. The highest BCUT2D eigenvalue weighted by Crippen LogP contribution is 2.45. The molecule has 3 aromatic carbocycles. The molecule has 8 nitrogen and oxygen atoms in total. The van der Waals surface area contributed by atoms with E-state index in [0.29, 0.717) is 32.0 Å². The summed E-state index contributed by atoms with van der Waals surface area (Å²) in [7, 11) is 1.73. The second-order valence-corrected chi connectivity index (χ2v) is 14.6. The van der Waals surface area contributed by atoms with E-state index in [-0.39, 0.29) is 48.6 Å². The Morgan fingerprint density at radius 1 is 0.959 bits per heavy atom.